The predicted octanol–water partition coefficient (Wildman–Crippen LogP) is 2.58. The Hall–Kier alpha value is -2.89. The highest BCUT2D eigenvalue weighted by molar-refractivity contribution is 6.04. The van der Waals surface area contributed by atoms with E-state index in [1.807, 2.05) is 0 Å². The molecule has 3 rings (SSSR count). The van der Waals surface area contributed by atoms with E-state index in [-0.39, 0.29) is 17.5 Å². The summed E-state index contributed by atoms with van der Waals surface area (Å²) in [6, 6.07) is 10.2. The number of likely N-dealkylation sites (tertiary alicyclic amines) is 1. The molecule has 1 aromatic heterocycles. The zero-order valence-corrected chi connectivity index (χ0v) is 13.5. The maximum absolute atomic E-state index is 12.4. The van der Waals surface area contributed by atoms with Crippen LogP contribution >= 0.6 is 0 Å². The van der Waals surface area contributed by atoms with Crippen LogP contribution in [0.2, 0.25) is 0 Å². The van der Waals surface area contributed by atoms with Crippen molar-refractivity contribution in [3.63, 3.8) is 0 Å². The topological polar surface area (TPSA) is 71.5 Å². The molecule has 0 atom stereocenters. The molecule has 2 amide bonds. The fourth-order valence-corrected chi connectivity index (χ4v) is 2.66. The molecule has 0 spiro atoms. The predicted molar refractivity (Wildman–Crippen MR) is 90.3 cm³/mol. The maximum Gasteiger partial charge on any atom is 0.274 e. The third kappa shape index (κ3) is 3.53. The number of benzene rings is 1. The number of nitrogens with zero attached hydrogens (tertiary/aromatic N) is 2. The van der Waals surface area contributed by atoms with Crippen LogP contribution in [0.5, 0.6) is 5.75 Å². The van der Waals surface area contributed by atoms with Crippen molar-refractivity contribution in [2.75, 3.05) is 25.5 Å². The summed E-state index contributed by atoms with van der Waals surface area (Å²) in [4.78, 5) is 30.6. The van der Waals surface area contributed by atoms with Crippen LogP contribution in [0.15, 0.2) is 42.6 Å². The first-order chi connectivity index (χ1) is 11.7. The van der Waals surface area contributed by atoms with Crippen LogP contribution in [0.1, 0.15) is 33.7 Å². The monoisotopic (exact) mass is 325 g/mol. The lowest BCUT2D eigenvalue weighted by Gasteiger charge is -2.15. The summed E-state index contributed by atoms with van der Waals surface area (Å²) in [6.07, 6.45) is 3.55. The van der Waals surface area contributed by atoms with Gasteiger partial charge in [0.1, 0.15) is 11.4 Å². The van der Waals surface area contributed by atoms with E-state index in [1.165, 1.54) is 6.20 Å². The molecule has 0 aliphatic carbocycles. The van der Waals surface area contributed by atoms with Crippen molar-refractivity contribution in [3.05, 3.63) is 53.9 Å². The van der Waals surface area contributed by atoms with Gasteiger partial charge >= 0.3 is 0 Å². The number of hydrogen-bond acceptors (Lipinski definition) is 4. The number of amides is 2. The summed E-state index contributed by atoms with van der Waals surface area (Å²) in [6.45, 7) is 1.54. The van der Waals surface area contributed by atoms with E-state index < -0.39 is 0 Å². The molecule has 24 heavy (non-hydrogen) atoms. The first-order valence-corrected chi connectivity index (χ1v) is 7.88. The smallest absolute Gasteiger partial charge is 0.274 e. The Bertz CT molecular complexity index is 737. The number of anilines is 1. The zero-order chi connectivity index (χ0) is 16.9. The molecule has 0 bridgehead atoms. The number of hydrogen-bond donors (Lipinski definition) is 1. The maximum atomic E-state index is 12.4. The van der Waals surface area contributed by atoms with Gasteiger partial charge in [-0.2, -0.15) is 0 Å². The normalized spacial score (nSPS) is 13.6. The molecule has 124 valence electrons. The minimum atomic E-state index is -0.351. The molecule has 1 aliphatic rings. The second-order valence-electron chi connectivity index (χ2n) is 5.61. The van der Waals surface area contributed by atoms with Crippen LogP contribution in [0.4, 0.5) is 5.69 Å². The standard InChI is InChI=1S/C18H19N3O3/c1-24-15-6-4-14(5-7-15)20-17(22)16-12-13(8-9-19-16)18(23)21-10-2-3-11-21/h4-9,12H,2-3,10-11H2,1H3,(H,20,22). The molecule has 0 unspecified atom stereocenters. The fraction of sp³-hybridized carbons (Fsp3) is 0.278. The summed E-state index contributed by atoms with van der Waals surface area (Å²) in [5.41, 5.74) is 1.35. The average molecular weight is 325 g/mol. The van der Waals surface area contributed by atoms with Crippen molar-refractivity contribution < 1.29 is 14.3 Å². The first-order valence-electron chi connectivity index (χ1n) is 7.88. The first kappa shape index (κ1) is 16.0. The van der Waals surface area contributed by atoms with Gasteiger partial charge in [0.05, 0.1) is 7.11 Å². The van der Waals surface area contributed by atoms with E-state index in [0.717, 1.165) is 25.9 Å². The van der Waals surface area contributed by atoms with Gasteiger partial charge in [-0.05, 0) is 49.2 Å². The molecule has 0 radical (unpaired) electrons. The van der Waals surface area contributed by atoms with Crippen molar-refractivity contribution in [1.29, 1.82) is 0 Å². The fourth-order valence-electron chi connectivity index (χ4n) is 2.66. The number of ether oxygens (including phenoxy) is 1. The lowest BCUT2D eigenvalue weighted by Crippen LogP contribution is -2.28. The number of pyridine rings is 1. The zero-order valence-electron chi connectivity index (χ0n) is 13.5. The van der Waals surface area contributed by atoms with Gasteiger partial charge < -0.3 is 15.0 Å². The number of carbonyl (C=O) groups excluding carboxylic acids is 2. The number of rotatable bonds is 4. The van der Waals surface area contributed by atoms with Gasteiger partial charge in [0.2, 0.25) is 0 Å². The molecule has 1 saturated heterocycles. The third-order valence-electron chi connectivity index (χ3n) is 3.98. The van der Waals surface area contributed by atoms with E-state index in [9.17, 15) is 9.59 Å². The van der Waals surface area contributed by atoms with E-state index in [0.29, 0.717) is 17.0 Å². The summed E-state index contributed by atoms with van der Waals surface area (Å²) in [7, 11) is 1.58. The van der Waals surface area contributed by atoms with Crippen molar-refractivity contribution >= 4 is 17.5 Å². The largest absolute Gasteiger partial charge is 0.497 e. The molecule has 1 aliphatic heterocycles. The lowest BCUT2D eigenvalue weighted by molar-refractivity contribution is 0.0792. The Kier molecular flexibility index (Phi) is 4.74. The molecule has 6 heteroatoms. The average Bonchev–Trinajstić information content (AvgIpc) is 3.16. The van der Waals surface area contributed by atoms with Crippen LogP contribution in [-0.4, -0.2) is 41.9 Å². The second-order valence-corrected chi connectivity index (χ2v) is 5.61. The van der Waals surface area contributed by atoms with E-state index in [4.69, 9.17) is 4.74 Å². The van der Waals surface area contributed by atoms with Crippen molar-refractivity contribution in [3.8, 4) is 5.75 Å². The number of methoxy groups -OCH3 is 1. The van der Waals surface area contributed by atoms with Gasteiger partial charge in [-0.15, -0.1) is 0 Å². The molecule has 6 nitrogen and oxygen atoms in total. The minimum absolute atomic E-state index is 0.0478. The summed E-state index contributed by atoms with van der Waals surface area (Å²) in [5, 5.41) is 2.76. The molecular weight excluding hydrogens is 306 g/mol. The SMILES string of the molecule is COc1ccc(NC(=O)c2cc(C(=O)N3CCCC3)ccn2)cc1. The Labute approximate surface area is 140 Å². The molecule has 1 fully saturated rings. The highest BCUT2D eigenvalue weighted by Crippen LogP contribution is 2.17. The van der Waals surface area contributed by atoms with E-state index in [1.54, 1.807) is 48.4 Å². The highest BCUT2D eigenvalue weighted by atomic mass is 16.5. The van der Waals surface area contributed by atoms with Gasteiger partial charge in [0.25, 0.3) is 11.8 Å². The van der Waals surface area contributed by atoms with Crippen molar-refractivity contribution in [2.24, 2.45) is 0 Å². The molecule has 1 aromatic carbocycles. The van der Waals surface area contributed by atoms with Gasteiger partial charge in [0, 0.05) is 30.5 Å². The molecule has 2 aromatic rings. The van der Waals surface area contributed by atoms with Crippen LogP contribution in [0.25, 0.3) is 0 Å². The van der Waals surface area contributed by atoms with Gasteiger partial charge in [-0.25, -0.2) is 0 Å². The Morgan fingerprint density at radius 1 is 1.12 bits per heavy atom. The third-order valence-corrected chi connectivity index (χ3v) is 3.98. The molecule has 0 saturated carbocycles. The number of carbonyl (C=O) groups is 2. The van der Waals surface area contributed by atoms with Gasteiger partial charge in [-0.3, -0.25) is 14.6 Å². The Morgan fingerprint density at radius 2 is 1.83 bits per heavy atom. The summed E-state index contributed by atoms with van der Waals surface area (Å²) < 4.78 is 5.08. The van der Waals surface area contributed by atoms with Crippen LogP contribution in [0.3, 0.4) is 0 Å². The van der Waals surface area contributed by atoms with E-state index >= 15 is 0 Å². The van der Waals surface area contributed by atoms with E-state index in [2.05, 4.69) is 10.3 Å². The Morgan fingerprint density at radius 3 is 2.50 bits per heavy atom. The van der Waals surface area contributed by atoms with Crippen molar-refractivity contribution in [1.82, 2.24) is 9.88 Å². The quantitative estimate of drug-likeness (QED) is 0.938. The van der Waals surface area contributed by atoms with Gasteiger partial charge in [0.15, 0.2) is 0 Å². The van der Waals surface area contributed by atoms with Crippen molar-refractivity contribution in [2.45, 2.75) is 12.8 Å². The van der Waals surface area contributed by atoms with Crippen LogP contribution in [0, 0.1) is 0 Å². The van der Waals surface area contributed by atoms with Gasteiger partial charge in [-0.1, -0.05) is 0 Å². The summed E-state index contributed by atoms with van der Waals surface area (Å²) in [5.74, 6) is 0.314. The minimum Gasteiger partial charge on any atom is -0.497 e. The van der Waals surface area contributed by atoms with Crippen LogP contribution < -0.4 is 10.1 Å². The molecule has 2 heterocycles. The highest BCUT2D eigenvalue weighted by Gasteiger charge is 2.20. The number of aromatic nitrogens is 1. The van der Waals surface area contributed by atoms with Crippen LogP contribution in [-0.2, 0) is 0 Å². The Balaban J connectivity index is 1.72. The molecule has 1 N–H and O–H groups in total. The summed E-state index contributed by atoms with van der Waals surface area (Å²) >= 11 is 0. The number of nitrogens with one attached hydrogen (secondary N) is 1. The lowest BCUT2D eigenvalue weighted by atomic mass is 10.2. The second kappa shape index (κ2) is 7.12. The molecular formula is C18H19N3O3.